The van der Waals surface area contributed by atoms with Crippen molar-refractivity contribution in [2.75, 3.05) is 13.7 Å². The first-order chi connectivity index (χ1) is 13.5. The van der Waals surface area contributed by atoms with Crippen LogP contribution in [0.25, 0.3) is 10.9 Å². The van der Waals surface area contributed by atoms with Crippen LogP contribution in [-0.2, 0) is 14.3 Å². The van der Waals surface area contributed by atoms with Gasteiger partial charge in [-0.3, -0.25) is 14.6 Å². The normalized spacial score (nSPS) is 11.8. The van der Waals surface area contributed by atoms with E-state index in [2.05, 4.69) is 9.97 Å². The van der Waals surface area contributed by atoms with Crippen molar-refractivity contribution in [3.63, 3.8) is 0 Å². The molecule has 1 aromatic carbocycles. The van der Waals surface area contributed by atoms with Crippen LogP contribution < -0.4 is 0 Å². The van der Waals surface area contributed by atoms with Gasteiger partial charge >= 0.3 is 11.9 Å². The van der Waals surface area contributed by atoms with E-state index in [-0.39, 0.29) is 24.0 Å². The van der Waals surface area contributed by atoms with E-state index in [1.807, 2.05) is 0 Å². The van der Waals surface area contributed by atoms with Gasteiger partial charge in [-0.2, -0.15) is 0 Å². The van der Waals surface area contributed by atoms with Crippen LogP contribution in [0.1, 0.15) is 45.3 Å². The highest BCUT2D eigenvalue weighted by Gasteiger charge is 2.32. The molecule has 0 aliphatic rings. The standard InChI is InChI=1S/C19H15ClN2O6/c1-3-27-19(25)16-14(9-23)22-17(28-16)15(18(24)26-2)10-4-5-13-11(6-10)7-12(20)8-21-13/h4-9,15H,3H2,1-2H3. The van der Waals surface area contributed by atoms with Gasteiger partial charge in [0, 0.05) is 11.6 Å². The largest absolute Gasteiger partial charge is 0.468 e. The van der Waals surface area contributed by atoms with Gasteiger partial charge in [0.15, 0.2) is 17.9 Å². The fraction of sp³-hybridized carbons (Fsp3) is 0.211. The number of benzene rings is 1. The van der Waals surface area contributed by atoms with Crippen LogP contribution in [0.5, 0.6) is 0 Å². The second kappa shape index (κ2) is 8.18. The molecule has 0 aliphatic heterocycles. The van der Waals surface area contributed by atoms with E-state index < -0.39 is 17.9 Å². The van der Waals surface area contributed by atoms with Gasteiger partial charge in [0.2, 0.25) is 11.7 Å². The van der Waals surface area contributed by atoms with Gasteiger partial charge in [-0.1, -0.05) is 17.7 Å². The molecule has 0 spiro atoms. The quantitative estimate of drug-likeness (QED) is 0.457. The lowest BCUT2D eigenvalue weighted by molar-refractivity contribution is -0.141. The number of ether oxygens (including phenoxy) is 2. The number of rotatable bonds is 6. The third-order valence-corrected chi connectivity index (χ3v) is 4.14. The molecule has 1 unspecified atom stereocenters. The van der Waals surface area contributed by atoms with Crippen LogP contribution in [0.4, 0.5) is 0 Å². The second-order valence-electron chi connectivity index (χ2n) is 5.67. The summed E-state index contributed by atoms with van der Waals surface area (Å²) in [6, 6.07) is 6.73. The van der Waals surface area contributed by atoms with Crippen molar-refractivity contribution >= 4 is 40.7 Å². The van der Waals surface area contributed by atoms with Gasteiger partial charge in [-0.05, 0) is 30.7 Å². The Balaban J connectivity index is 2.12. The monoisotopic (exact) mass is 402 g/mol. The highest BCUT2D eigenvalue weighted by atomic mass is 35.5. The molecule has 3 rings (SSSR count). The highest BCUT2D eigenvalue weighted by Crippen LogP contribution is 2.30. The van der Waals surface area contributed by atoms with E-state index in [9.17, 15) is 14.4 Å². The van der Waals surface area contributed by atoms with E-state index in [1.165, 1.54) is 13.3 Å². The van der Waals surface area contributed by atoms with E-state index in [4.69, 9.17) is 25.5 Å². The lowest BCUT2D eigenvalue weighted by atomic mass is 9.97. The molecule has 0 saturated heterocycles. The molecule has 2 heterocycles. The molecule has 8 nitrogen and oxygen atoms in total. The van der Waals surface area contributed by atoms with Crippen molar-refractivity contribution in [1.82, 2.24) is 9.97 Å². The van der Waals surface area contributed by atoms with E-state index in [1.54, 1.807) is 31.2 Å². The Kier molecular flexibility index (Phi) is 5.70. The minimum absolute atomic E-state index is 0.0893. The second-order valence-corrected chi connectivity index (χ2v) is 6.10. The first kappa shape index (κ1) is 19.5. The van der Waals surface area contributed by atoms with Crippen molar-refractivity contribution in [2.45, 2.75) is 12.8 Å². The Labute approximate surface area is 164 Å². The van der Waals surface area contributed by atoms with E-state index in [0.29, 0.717) is 27.8 Å². The summed E-state index contributed by atoms with van der Waals surface area (Å²) >= 11 is 5.99. The zero-order valence-electron chi connectivity index (χ0n) is 15.0. The Morgan fingerprint density at radius 2 is 2.11 bits per heavy atom. The number of carbonyl (C=O) groups is 3. The number of oxazole rings is 1. The summed E-state index contributed by atoms with van der Waals surface area (Å²) in [6.07, 6.45) is 1.87. The third-order valence-electron chi connectivity index (χ3n) is 3.93. The van der Waals surface area contributed by atoms with Crippen LogP contribution in [0, 0.1) is 0 Å². The number of pyridine rings is 1. The Bertz CT molecular complexity index is 1060. The van der Waals surface area contributed by atoms with Crippen molar-refractivity contribution < 1.29 is 28.3 Å². The molecule has 0 aliphatic carbocycles. The summed E-state index contributed by atoms with van der Waals surface area (Å²) in [5.74, 6) is -3.15. The number of hydrogen-bond donors (Lipinski definition) is 0. The van der Waals surface area contributed by atoms with Gasteiger partial charge in [-0.15, -0.1) is 0 Å². The molecular formula is C19H15ClN2O6. The summed E-state index contributed by atoms with van der Waals surface area (Å²) < 4.78 is 15.2. The summed E-state index contributed by atoms with van der Waals surface area (Å²) in [6.45, 7) is 1.70. The molecule has 9 heteroatoms. The predicted octanol–water partition coefficient (Wildman–Crippen LogP) is 3.17. The van der Waals surface area contributed by atoms with Crippen LogP contribution in [0.2, 0.25) is 5.02 Å². The number of methoxy groups -OCH3 is 1. The SMILES string of the molecule is CCOC(=O)c1oc(C(C(=O)OC)c2ccc3ncc(Cl)cc3c2)nc1C=O. The summed E-state index contributed by atoms with van der Waals surface area (Å²) in [4.78, 5) is 43.9. The summed E-state index contributed by atoms with van der Waals surface area (Å²) in [7, 11) is 1.21. The van der Waals surface area contributed by atoms with Crippen LogP contribution in [0.3, 0.4) is 0 Å². The number of aldehydes is 1. The Morgan fingerprint density at radius 1 is 1.32 bits per heavy atom. The van der Waals surface area contributed by atoms with Gasteiger partial charge < -0.3 is 13.9 Å². The van der Waals surface area contributed by atoms with Gasteiger partial charge in [0.05, 0.1) is 24.3 Å². The van der Waals surface area contributed by atoms with Crippen molar-refractivity contribution in [3.05, 3.63) is 58.4 Å². The minimum atomic E-state index is -1.10. The molecule has 1 atom stereocenters. The van der Waals surface area contributed by atoms with Crippen LogP contribution in [0.15, 0.2) is 34.9 Å². The number of aromatic nitrogens is 2. The Morgan fingerprint density at radius 3 is 2.79 bits per heavy atom. The average molecular weight is 403 g/mol. The van der Waals surface area contributed by atoms with E-state index in [0.717, 1.165) is 0 Å². The fourth-order valence-corrected chi connectivity index (χ4v) is 2.86. The predicted molar refractivity (Wildman–Crippen MR) is 98.5 cm³/mol. The van der Waals surface area contributed by atoms with Gasteiger partial charge in [0.1, 0.15) is 0 Å². The third kappa shape index (κ3) is 3.72. The minimum Gasteiger partial charge on any atom is -0.468 e. The molecule has 0 saturated carbocycles. The maximum absolute atomic E-state index is 12.5. The number of carbonyl (C=O) groups excluding carboxylic acids is 3. The molecule has 3 aromatic rings. The molecular weight excluding hydrogens is 388 g/mol. The average Bonchev–Trinajstić information content (AvgIpc) is 3.12. The lowest BCUT2D eigenvalue weighted by Crippen LogP contribution is -2.16. The van der Waals surface area contributed by atoms with Crippen molar-refractivity contribution in [3.8, 4) is 0 Å². The molecule has 0 radical (unpaired) electrons. The number of fused-ring (bicyclic) bond motifs is 1. The molecule has 144 valence electrons. The number of halogens is 1. The molecule has 2 aromatic heterocycles. The highest BCUT2D eigenvalue weighted by molar-refractivity contribution is 6.31. The van der Waals surface area contributed by atoms with Crippen LogP contribution >= 0.6 is 11.6 Å². The molecule has 0 fully saturated rings. The zero-order valence-corrected chi connectivity index (χ0v) is 15.7. The smallest absolute Gasteiger partial charge is 0.376 e. The zero-order chi connectivity index (χ0) is 20.3. The number of hydrogen-bond acceptors (Lipinski definition) is 8. The topological polar surface area (TPSA) is 109 Å². The van der Waals surface area contributed by atoms with Gasteiger partial charge in [-0.25, -0.2) is 9.78 Å². The molecule has 0 bridgehead atoms. The lowest BCUT2D eigenvalue weighted by Gasteiger charge is -2.12. The van der Waals surface area contributed by atoms with Crippen LogP contribution in [-0.4, -0.2) is 41.9 Å². The fourth-order valence-electron chi connectivity index (χ4n) is 2.70. The van der Waals surface area contributed by atoms with E-state index >= 15 is 0 Å². The first-order valence-corrected chi connectivity index (χ1v) is 8.62. The molecule has 0 amide bonds. The van der Waals surface area contributed by atoms with Gasteiger partial charge in [0.25, 0.3) is 0 Å². The maximum Gasteiger partial charge on any atom is 0.376 e. The molecule has 0 N–H and O–H groups in total. The first-order valence-electron chi connectivity index (χ1n) is 8.24. The Hall–Kier alpha value is -3.26. The summed E-state index contributed by atoms with van der Waals surface area (Å²) in [5.41, 5.74) is 0.885. The van der Waals surface area contributed by atoms with Crippen molar-refractivity contribution in [1.29, 1.82) is 0 Å². The molecule has 28 heavy (non-hydrogen) atoms. The number of nitrogens with zero attached hydrogens (tertiary/aromatic N) is 2. The van der Waals surface area contributed by atoms with Crippen molar-refractivity contribution in [2.24, 2.45) is 0 Å². The summed E-state index contributed by atoms with van der Waals surface area (Å²) in [5, 5.41) is 1.12. The number of esters is 2. The maximum atomic E-state index is 12.5.